The van der Waals surface area contributed by atoms with E-state index in [0.29, 0.717) is 6.54 Å². The van der Waals surface area contributed by atoms with Crippen molar-refractivity contribution in [2.45, 2.75) is 46.1 Å². The number of unbranched alkanes of at least 4 members (excludes halogenated alkanes) is 2. The molecule has 0 spiro atoms. The van der Waals surface area contributed by atoms with Gasteiger partial charge in [0.05, 0.1) is 6.26 Å². The predicted molar refractivity (Wildman–Crippen MR) is 77.3 cm³/mol. The van der Waals surface area contributed by atoms with Gasteiger partial charge in [-0.3, -0.25) is 9.59 Å². The van der Waals surface area contributed by atoms with Crippen LogP contribution in [0.2, 0.25) is 0 Å². The molecule has 0 aliphatic heterocycles. The van der Waals surface area contributed by atoms with E-state index in [0.717, 1.165) is 19.3 Å². The van der Waals surface area contributed by atoms with Crippen molar-refractivity contribution in [3.63, 3.8) is 0 Å². The zero-order valence-corrected chi connectivity index (χ0v) is 12.4. The van der Waals surface area contributed by atoms with Crippen LogP contribution in [0.3, 0.4) is 0 Å². The Morgan fingerprint density at radius 1 is 1.30 bits per heavy atom. The average molecular weight is 280 g/mol. The Morgan fingerprint density at radius 2 is 2.05 bits per heavy atom. The number of nitrogens with one attached hydrogen (secondary N) is 2. The lowest BCUT2D eigenvalue weighted by Crippen LogP contribution is -2.49. The van der Waals surface area contributed by atoms with Gasteiger partial charge in [-0.15, -0.1) is 0 Å². The van der Waals surface area contributed by atoms with Gasteiger partial charge in [-0.25, -0.2) is 0 Å². The van der Waals surface area contributed by atoms with Crippen LogP contribution in [0.1, 0.15) is 50.6 Å². The summed E-state index contributed by atoms with van der Waals surface area (Å²) in [6, 6.07) is 2.67. The van der Waals surface area contributed by atoms with Gasteiger partial charge in [-0.1, -0.05) is 33.6 Å². The van der Waals surface area contributed by atoms with E-state index in [2.05, 4.69) is 17.6 Å². The zero-order chi connectivity index (χ0) is 15.0. The third kappa shape index (κ3) is 5.07. The second-order valence-electron chi connectivity index (χ2n) is 5.17. The molecule has 2 N–H and O–H groups in total. The molecular weight excluding hydrogens is 256 g/mol. The van der Waals surface area contributed by atoms with E-state index in [1.807, 2.05) is 13.8 Å². The lowest BCUT2D eigenvalue weighted by Gasteiger charge is -2.21. The molecular formula is C15H24N2O3. The number of hydrogen-bond donors (Lipinski definition) is 2. The highest BCUT2D eigenvalue weighted by Gasteiger charge is 2.25. The number of hydrogen-bond acceptors (Lipinski definition) is 3. The summed E-state index contributed by atoms with van der Waals surface area (Å²) in [6.45, 7) is 6.56. The first-order chi connectivity index (χ1) is 9.56. The second kappa shape index (κ2) is 8.40. The average Bonchev–Trinajstić information content (AvgIpc) is 2.94. The van der Waals surface area contributed by atoms with Crippen LogP contribution in [0.15, 0.2) is 22.8 Å². The van der Waals surface area contributed by atoms with Gasteiger partial charge in [-0.2, -0.15) is 0 Å². The van der Waals surface area contributed by atoms with Crippen molar-refractivity contribution in [2.24, 2.45) is 5.92 Å². The fourth-order valence-corrected chi connectivity index (χ4v) is 1.85. The number of carbonyl (C=O) groups is 2. The molecule has 1 rings (SSSR count). The first kappa shape index (κ1) is 16.3. The number of furan rings is 1. The summed E-state index contributed by atoms with van der Waals surface area (Å²) in [5.74, 6) is -0.275. The number of amides is 2. The highest BCUT2D eigenvalue weighted by atomic mass is 16.3. The first-order valence-corrected chi connectivity index (χ1v) is 7.18. The smallest absolute Gasteiger partial charge is 0.287 e. The minimum absolute atomic E-state index is 0.0140. The van der Waals surface area contributed by atoms with Crippen molar-refractivity contribution in [1.82, 2.24) is 10.6 Å². The summed E-state index contributed by atoms with van der Waals surface area (Å²) in [4.78, 5) is 24.0. The fourth-order valence-electron chi connectivity index (χ4n) is 1.85. The van der Waals surface area contributed by atoms with Gasteiger partial charge in [0, 0.05) is 6.54 Å². The topological polar surface area (TPSA) is 71.3 Å². The van der Waals surface area contributed by atoms with E-state index in [1.54, 1.807) is 12.1 Å². The maximum Gasteiger partial charge on any atom is 0.287 e. The van der Waals surface area contributed by atoms with Gasteiger partial charge >= 0.3 is 0 Å². The molecule has 0 saturated carbocycles. The summed E-state index contributed by atoms with van der Waals surface area (Å²) >= 11 is 0. The van der Waals surface area contributed by atoms with Crippen LogP contribution >= 0.6 is 0 Å². The minimum atomic E-state index is -0.547. The van der Waals surface area contributed by atoms with Gasteiger partial charge in [-0.05, 0) is 24.5 Å². The third-order valence-corrected chi connectivity index (χ3v) is 3.06. The molecule has 1 aromatic rings. The molecule has 20 heavy (non-hydrogen) atoms. The molecule has 0 aliphatic carbocycles. The van der Waals surface area contributed by atoms with E-state index in [-0.39, 0.29) is 23.5 Å². The first-order valence-electron chi connectivity index (χ1n) is 7.18. The van der Waals surface area contributed by atoms with Crippen LogP contribution in [0.25, 0.3) is 0 Å². The number of carbonyl (C=O) groups excluding carboxylic acids is 2. The largest absolute Gasteiger partial charge is 0.459 e. The molecule has 5 nitrogen and oxygen atoms in total. The lowest BCUT2D eigenvalue weighted by molar-refractivity contribution is -0.123. The summed E-state index contributed by atoms with van der Waals surface area (Å²) in [7, 11) is 0. The van der Waals surface area contributed by atoms with Crippen molar-refractivity contribution in [3.05, 3.63) is 24.2 Å². The minimum Gasteiger partial charge on any atom is -0.459 e. The monoisotopic (exact) mass is 280 g/mol. The molecule has 0 aliphatic rings. The maximum absolute atomic E-state index is 12.1. The second-order valence-corrected chi connectivity index (χ2v) is 5.17. The van der Waals surface area contributed by atoms with Crippen LogP contribution in [0.4, 0.5) is 0 Å². The Hall–Kier alpha value is -1.78. The normalized spacial score (nSPS) is 12.2. The van der Waals surface area contributed by atoms with Gasteiger partial charge in [0.25, 0.3) is 5.91 Å². The van der Waals surface area contributed by atoms with E-state index in [9.17, 15) is 9.59 Å². The SMILES string of the molecule is CCCCCNC(=O)[C@@H](NC(=O)c1ccco1)C(C)C. The Morgan fingerprint density at radius 3 is 2.60 bits per heavy atom. The van der Waals surface area contributed by atoms with Crippen molar-refractivity contribution in [2.75, 3.05) is 6.54 Å². The van der Waals surface area contributed by atoms with Crippen molar-refractivity contribution in [3.8, 4) is 0 Å². The van der Waals surface area contributed by atoms with Crippen LogP contribution in [-0.2, 0) is 4.79 Å². The van der Waals surface area contributed by atoms with E-state index < -0.39 is 6.04 Å². The summed E-state index contributed by atoms with van der Waals surface area (Å²) in [5.41, 5.74) is 0. The molecule has 0 radical (unpaired) electrons. The van der Waals surface area contributed by atoms with Crippen molar-refractivity contribution >= 4 is 11.8 Å². The molecule has 112 valence electrons. The molecule has 0 fully saturated rings. The van der Waals surface area contributed by atoms with Gasteiger partial charge in [0.15, 0.2) is 5.76 Å². The molecule has 1 atom stereocenters. The highest BCUT2D eigenvalue weighted by Crippen LogP contribution is 2.06. The van der Waals surface area contributed by atoms with E-state index in [1.165, 1.54) is 6.26 Å². The standard InChI is InChI=1S/C15H24N2O3/c1-4-5-6-9-16-15(19)13(11(2)3)17-14(18)12-8-7-10-20-12/h7-8,10-11,13H,4-6,9H2,1-3H3,(H,16,19)(H,17,18)/t13-/m0/s1. The molecule has 5 heteroatoms. The summed E-state index contributed by atoms with van der Waals surface area (Å²) < 4.78 is 5.02. The Labute approximate surface area is 120 Å². The van der Waals surface area contributed by atoms with Crippen LogP contribution in [0, 0.1) is 5.92 Å². The van der Waals surface area contributed by atoms with Crippen LogP contribution in [-0.4, -0.2) is 24.4 Å². The van der Waals surface area contributed by atoms with Gasteiger partial charge < -0.3 is 15.1 Å². The zero-order valence-electron chi connectivity index (χ0n) is 12.4. The predicted octanol–water partition coefficient (Wildman–Crippen LogP) is 2.34. The highest BCUT2D eigenvalue weighted by molar-refractivity contribution is 5.95. The van der Waals surface area contributed by atoms with E-state index in [4.69, 9.17) is 4.42 Å². The lowest BCUT2D eigenvalue weighted by atomic mass is 10.0. The van der Waals surface area contributed by atoms with Gasteiger partial charge in [0.2, 0.25) is 5.91 Å². The molecule has 0 bridgehead atoms. The Kier molecular flexibility index (Phi) is 6.84. The van der Waals surface area contributed by atoms with Crippen LogP contribution in [0.5, 0.6) is 0 Å². The molecule has 1 heterocycles. The quantitative estimate of drug-likeness (QED) is 0.718. The number of rotatable bonds is 8. The molecule has 2 amide bonds. The third-order valence-electron chi connectivity index (χ3n) is 3.06. The molecule has 0 saturated heterocycles. The molecule has 1 aromatic heterocycles. The van der Waals surface area contributed by atoms with Gasteiger partial charge in [0.1, 0.15) is 6.04 Å². The van der Waals surface area contributed by atoms with Crippen molar-refractivity contribution < 1.29 is 14.0 Å². The van der Waals surface area contributed by atoms with Crippen molar-refractivity contribution in [1.29, 1.82) is 0 Å². The van der Waals surface area contributed by atoms with Crippen LogP contribution < -0.4 is 10.6 Å². The summed E-state index contributed by atoms with van der Waals surface area (Å²) in [6.07, 6.45) is 4.59. The summed E-state index contributed by atoms with van der Waals surface area (Å²) in [5, 5.41) is 5.58. The fraction of sp³-hybridized carbons (Fsp3) is 0.600. The Bertz CT molecular complexity index is 413. The molecule has 0 unspecified atom stereocenters. The maximum atomic E-state index is 12.1. The Balaban J connectivity index is 2.51. The molecule has 0 aromatic carbocycles. The van der Waals surface area contributed by atoms with E-state index >= 15 is 0 Å².